The SMILES string of the molecule is CCN(C1=C(c2ccc(OC)c(OC)c2)C(=O)N(Cc2ccc(C)cc2)C1=O)c1ccccc1. The van der Waals surface area contributed by atoms with Crippen molar-refractivity contribution in [2.75, 3.05) is 25.7 Å². The molecule has 0 aromatic heterocycles. The molecule has 2 amide bonds. The van der Waals surface area contributed by atoms with E-state index in [1.54, 1.807) is 32.4 Å². The van der Waals surface area contributed by atoms with Crippen LogP contribution in [0.2, 0.25) is 0 Å². The fraction of sp³-hybridized carbons (Fsp3) is 0.214. The van der Waals surface area contributed by atoms with Crippen molar-refractivity contribution in [3.63, 3.8) is 0 Å². The molecule has 0 fully saturated rings. The van der Waals surface area contributed by atoms with Crippen LogP contribution in [0, 0.1) is 6.92 Å². The molecule has 0 N–H and O–H groups in total. The highest BCUT2D eigenvalue weighted by molar-refractivity contribution is 6.36. The number of carbonyl (C=O) groups is 2. The quantitative estimate of drug-likeness (QED) is 0.455. The number of methoxy groups -OCH3 is 2. The molecule has 174 valence electrons. The average Bonchev–Trinajstić information content (AvgIpc) is 3.11. The molecule has 4 rings (SSSR count). The first-order chi connectivity index (χ1) is 16.5. The van der Waals surface area contributed by atoms with Crippen LogP contribution in [0.3, 0.4) is 0 Å². The van der Waals surface area contributed by atoms with Gasteiger partial charge in [-0.25, -0.2) is 0 Å². The van der Waals surface area contributed by atoms with E-state index in [4.69, 9.17) is 9.47 Å². The number of imide groups is 1. The molecule has 3 aromatic rings. The van der Waals surface area contributed by atoms with Crippen LogP contribution in [-0.2, 0) is 16.1 Å². The summed E-state index contributed by atoms with van der Waals surface area (Å²) in [6, 6.07) is 22.7. The summed E-state index contributed by atoms with van der Waals surface area (Å²) < 4.78 is 10.8. The molecule has 6 nitrogen and oxygen atoms in total. The Morgan fingerprint density at radius 1 is 0.824 bits per heavy atom. The number of hydrogen-bond donors (Lipinski definition) is 0. The second-order valence-corrected chi connectivity index (χ2v) is 8.06. The standard InChI is InChI=1S/C28H28N2O4/c1-5-29(22-9-7-6-8-10-22)26-25(21-15-16-23(33-3)24(17-21)34-4)27(31)30(28(26)32)18-20-13-11-19(2)12-14-20/h6-17H,5,18H2,1-4H3. The lowest BCUT2D eigenvalue weighted by molar-refractivity contribution is -0.137. The van der Waals surface area contributed by atoms with E-state index in [1.807, 2.05) is 73.3 Å². The summed E-state index contributed by atoms with van der Waals surface area (Å²) in [4.78, 5) is 30.7. The molecule has 0 bridgehead atoms. The van der Waals surface area contributed by atoms with Gasteiger partial charge < -0.3 is 14.4 Å². The van der Waals surface area contributed by atoms with Crippen LogP contribution in [-0.4, -0.2) is 37.5 Å². The van der Waals surface area contributed by atoms with Gasteiger partial charge in [0.1, 0.15) is 5.70 Å². The number of para-hydroxylation sites is 1. The maximum atomic E-state index is 13.8. The van der Waals surface area contributed by atoms with E-state index in [1.165, 1.54) is 4.90 Å². The number of benzene rings is 3. The number of likely N-dealkylation sites (N-methyl/N-ethyl adjacent to an activating group) is 1. The maximum Gasteiger partial charge on any atom is 0.278 e. The Balaban J connectivity index is 1.84. The first-order valence-electron chi connectivity index (χ1n) is 11.2. The fourth-order valence-corrected chi connectivity index (χ4v) is 4.16. The van der Waals surface area contributed by atoms with E-state index in [-0.39, 0.29) is 18.4 Å². The van der Waals surface area contributed by atoms with E-state index in [0.717, 1.165) is 16.8 Å². The van der Waals surface area contributed by atoms with E-state index < -0.39 is 0 Å². The highest BCUT2D eigenvalue weighted by atomic mass is 16.5. The lowest BCUT2D eigenvalue weighted by Crippen LogP contribution is -2.34. The molecule has 0 aliphatic carbocycles. The lowest BCUT2D eigenvalue weighted by Gasteiger charge is -2.25. The molecule has 0 spiro atoms. The second-order valence-electron chi connectivity index (χ2n) is 8.06. The first kappa shape index (κ1) is 23.1. The van der Waals surface area contributed by atoms with Crippen LogP contribution in [0.15, 0.2) is 78.5 Å². The van der Waals surface area contributed by atoms with E-state index in [0.29, 0.717) is 34.9 Å². The van der Waals surface area contributed by atoms with Crippen LogP contribution in [0.1, 0.15) is 23.6 Å². The summed E-state index contributed by atoms with van der Waals surface area (Å²) in [5.41, 5.74) is 4.17. The first-order valence-corrected chi connectivity index (χ1v) is 11.2. The minimum atomic E-state index is -0.331. The van der Waals surface area contributed by atoms with E-state index in [9.17, 15) is 9.59 Å². The number of hydrogen-bond acceptors (Lipinski definition) is 5. The third kappa shape index (κ3) is 4.27. The van der Waals surface area contributed by atoms with Gasteiger partial charge in [0.15, 0.2) is 11.5 Å². The number of nitrogens with zero attached hydrogens (tertiary/aromatic N) is 2. The van der Waals surface area contributed by atoms with Gasteiger partial charge in [-0.05, 0) is 49.2 Å². The van der Waals surface area contributed by atoms with Crippen molar-refractivity contribution in [2.45, 2.75) is 20.4 Å². The molecule has 1 aliphatic rings. The third-order valence-electron chi connectivity index (χ3n) is 5.93. The summed E-state index contributed by atoms with van der Waals surface area (Å²) in [7, 11) is 3.11. The Kier molecular flexibility index (Phi) is 6.68. The van der Waals surface area contributed by atoms with Crippen LogP contribution < -0.4 is 14.4 Å². The van der Waals surface area contributed by atoms with Gasteiger partial charge in [-0.15, -0.1) is 0 Å². The third-order valence-corrected chi connectivity index (χ3v) is 5.93. The second kappa shape index (κ2) is 9.83. The summed E-state index contributed by atoms with van der Waals surface area (Å²) in [6.07, 6.45) is 0. The molecule has 1 aliphatic heterocycles. The normalized spacial score (nSPS) is 13.5. The molecule has 0 saturated carbocycles. The molecule has 3 aromatic carbocycles. The Morgan fingerprint density at radius 2 is 1.50 bits per heavy atom. The minimum absolute atomic E-state index is 0.199. The molecule has 1 heterocycles. The number of ether oxygens (including phenoxy) is 2. The number of amides is 2. The van der Waals surface area contributed by atoms with Gasteiger partial charge in [0.05, 0.1) is 26.3 Å². The van der Waals surface area contributed by atoms with Gasteiger partial charge in [0.2, 0.25) is 0 Å². The van der Waals surface area contributed by atoms with Crippen molar-refractivity contribution in [1.82, 2.24) is 4.90 Å². The molecule has 34 heavy (non-hydrogen) atoms. The van der Waals surface area contributed by atoms with Crippen molar-refractivity contribution in [2.24, 2.45) is 0 Å². The van der Waals surface area contributed by atoms with Gasteiger partial charge in [-0.2, -0.15) is 0 Å². The monoisotopic (exact) mass is 456 g/mol. The predicted octanol–water partition coefficient (Wildman–Crippen LogP) is 4.82. The maximum absolute atomic E-state index is 13.8. The highest BCUT2D eigenvalue weighted by Crippen LogP contribution is 2.38. The number of carbonyl (C=O) groups excluding carboxylic acids is 2. The molecule has 0 unspecified atom stereocenters. The molecular weight excluding hydrogens is 428 g/mol. The zero-order valence-electron chi connectivity index (χ0n) is 19.9. The van der Waals surface area contributed by atoms with Crippen molar-refractivity contribution in [3.05, 3.63) is 95.2 Å². The van der Waals surface area contributed by atoms with Gasteiger partial charge >= 0.3 is 0 Å². The Labute approximate surface area is 200 Å². The number of anilines is 1. The Morgan fingerprint density at radius 3 is 2.12 bits per heavy atom. The van der Waals surface area contributed by atoms with Crippen molar-refractivity contribution in [3.8, 4) is 11.5 Å². The highest BCUT2D eigenvalue weighted by Gasteiger charge is 2.41. The van der Waals surface area contributed by atoms with Crippen LogP contribution >= 0.6 is 0 Å². The molecule has 6 heteroatoms. The summed E-state index contributed by atoms with van der Waals surface area (Å²) >= 11 is 0. The van der Waals surface area contributed by atoms with Crippen LogP contribution in [0.4, 0.5) is 5.69 Å². The zero-order chi connectivity index (χ0) is 24.2. The molecule has 0 saturated heterocycles. The van der Waals surface area contributed by atoms with Crippen LogP contribution in [0.25, 0.3) is 5.57 Å². The lowest BCUT2D eigenvalue weighted by atomic mass is 10.0. The predicted molar refractivity (Wildman–Crippen MR) is 133 cm³/mol. The largest absolute Gasteiger partial charge is 0.493 e. The minimum Gasteiger partial charge on any atom is -0.493 e. The van der Waals surface area contributed by atoms with Crippen molar-refractivity contribution in [1.29, 1.82) is 0 Å². The van der Waals surface area contributed by atoms with Gasteiger partial charge in [-0.3, -0.25) is 14.5 Å². The van der Waals surface area contributed by atoms with Gasteiger partial charge in [-0.1, -0.05) is 54.1 Å². The fourth-order valence-electron chi connectivity index (χ4n) is 4.16. The van der Waals surface area contributed by atoms with E-state index >= 15 is 0 Å². The summed E-state index contributed by atoms with van der Waals surface area (Å²) in [5, 5.41) is 0. The molecule has 0 radical (unpaired) electrons. The van der Waals surface area contributed by atoms with Crippen molar-refractivity contribution < 1.29 is 19.1 Å². The van der Waals surface area contributed by atoms with Crippen LogP contribution in [0.5, 0.6) is 11.5 Å². The van der Waals surface area contributed by atoms with Crippen molar-refractivity contribution >= 4 is 23.1 Å². The Bertz CT molecular complexity index is 1230. The smallest absolute Gasteiger partial charge is 0.278 e. The molecular formula is C28H28N2O4. The number of aryl methyl sites for hydroxylation is 1. The zero-order valence-corrected chi connectivity index (χ0v) is 19.9. The summed E-state index contributed by atoms with van der Waals surface area (Å²) in [5.74, 6) is 0.396. The molecule has 0 atom stereocenters. The van der Waals surface area contributed by atoms with Gasteiger partial charge in [0, 0.05) is 12.2 Å². The average molecular weight is 457 g/mol. The van der Waals surface area contributed by atoms with Gasteiger partial charge in [0.25, 0.3) is 11.8 Å². The number of rotatable bonds is 8. The Hall–Kier alpha value is -4.06. The van der Waals surface area contributed by atoms with E-state index in [2.05, 4.69) is 0 Å². The topological polar surface area (TPSA) is 59.1 Å². The summed E-state index contributed by atoms with van der Waals surface area (Å²) in [6.45, 7) is 4.69.